The lowest BCUT2D eigenvalue weighted by Crippen LogP contribution is -2.29. The molecule has 8 nitrogen and oxygen atoms in total. The largest absolute Gasteiger partial charge is 0.390 e. The van der Waals surface area contributed by atoms with Crippen LogP contribution in [0.2, 0.25) is 0 Å². The van der Waals surface area contributed by atoms with Crippen molar-refractivity contribution in [3.05, 3.63) is 59.7 Å². The summed E-state index contributed by atoms with van der Waals surface area (Å²) in [4.78, 5) is 9.04. The Morgan fingerprint density at radius 3 is 2.87 bits per heavy atom. The van der Waals surface area contributed by atoms with E-state index in [9.17, 15) is 13.5 Å². The zero-order valence-corrected chi connectivity index (χ0v) is 17.2. The lowest BCUT2D eigenvalue weighted by molar-refractivity contribution is 0.0645. The molecule has 0 radical (unpaired) electrons. The fourth-order valence-corrected chi connectivity index (χ4v) is 5.58. The van der Waals surface area contributed by atoms with Gasteiger partial charge in [0.05, 0.1) is 11.8 Å². The molecule has 4 atom stereocenters. The molecule has 2 aliphatic carbocycles. The standard InChI is InChI=1S/C21H24N4O4S/c22-30(27,28)29-20-11-15(10-19(20)26)25-8-7-17-18(23-12-24-21(17)25)9-14-6-5-13-3-1-2-4-16(13)14/h1-4,7-8,12,14-15,19-20,26H,5-6,9-11H2,(H2,22,27,28)/t14-,15+,19+,20-/m1/s1. The Hall–Kier alpha value is -2.33. The van der Waals surface area contributed by atoms with Gasteiger partial charge < -0.3 is 9.67 Å². The van der Waals surface area contributed by atoms with Crippen molar-refractivity contribution in [1.29, 1.82) is 0 Å². The second-order valence-corrected chi connectivity index (χ2v) is 9.42. The molecular weight excluding hydrogens is 404 g/mol. The molecule has 0 unspecified atom stereocenters. The summed E-state index contributed by atoms with van der Waals surface area (Å²) in [6, 6.07) is 10.5. The molecule has 3 N–H and O–H groups in total. The van der Waals surface area contributed by atoms with Gasteiger partial charge in [0, 0.05) is 17.6 Å². The number of benzene rings is 1. The van der Waals surface area contributed by atoms with Gasteiger partial charge in [-0.3, -0.25) is 4.18 Å². The van der Waals surface area contributed by atoms with Crippen molar-refractivity contribution in [3.63, 3.8) is 0 Å². The second-order valence-electron chi connectivity index (χ2n) is 8.24. The minimum absolute atomic E-state index is 0.126. The molecule has 2 aliphatic rings. The molecule has 3 aromatic rings. The van der Waals surface area contributed by atoms with Gasteiger partial charge in [-0.1, -0.05) is 24.3 Å². The number of fused-ring (bicyclic) bond motifs is 2. The molecule has 30 heavy (non-hydrogen) atoms. The van der Waals surface area contributed by atoms with E-state index in [0.29, 0.717) is 18.8 Å². The number of aliphatic hydroxyl groups excluding tert-OH is 1. The van der Waals surface area contributed by atoms with E-state index < -0.39 is 22.5 Å². The lowest BCUT2D eigenvalue weighted by atomic mass is 9.95. The third kappa shape index (κ3) is 3.62. The first-order chi connectivity index (χ1) is 14.4. The highest BCUT2D eigenvalue weighted by molar-refractivity contribution is 7.84. The van der Waals surface area contributed by atoms with E-state index in [-0.39, 0.29) is 6.04 Å². The minimum atomic E-state index is -4.11. The minimum Gasteiger partial charge on any atom is -0.390 e. The summed E-state index contributed by atoms with van der Waals surface area (Å²) in [5, 5.41) is 16.2. The fourth-order valence-electron chi connectivity index (χ4n) is 5.03. The molecule has 0 spiro atoms. The highest BCUT2D eigenvalue weighted by atomic mass is 32.2. The number of aliphatic hydroxyl groups is 1. The van der Waals surface area contributed by atoms with Gasteiger partial charge in [0.1, 0.15) is 18.1 Å². The predicted octanol–water partition coefficient (Wildman–Crippen LogP) is 1.99. The molecule has 0 aliphatic heterocycles. The van der Waals surface area contributed by atoms with Gasteiger partial charge in [-0.15, -0.1) is 0 Å². The van der Waals surface area contributed by atoms with Gasteiger partial charge in [-0.2, -0.15) is 8.42 Å². The quantitative estimate of drug-likeness (QED) is 0.641. The monoisotopic (exact) mass is 428 g/mol. The van der Waals surface area contributed by atoms with Gasteiger partial charge in [0.15, 0.2) is 0 Å². The van der Waals surface area contributed by atoms with E-state index >= 15 is 0 Å². The van der Waals surface area contributed by atoms with Crippen LogP contribution in [0.4, 0.5) is 0 Å². The van der Waals surface area contributed by atoms with Gasteiger partial charge in [0.2, 0.25) is 0 Å². The number of nitrogens with two attached hydrogens (primary N) is 1. The van der Waals surface area contributed by atoms with E-state index in [4.69, 9.17) is 9.32 Å². The summed E-state index contributed by atoms with van der Waals surface area (Å²) >= 11 is 0. The Bertz CT molecular complexity index is 1190. The van der Waals surface area contributed by atoms with Crippen LogP contribution in [0, 0.1) is 0 Å². The van der Waals surface area contributed by atoms with Crippen molar-refractivity contribution in [3.8, 4) is 0 Å². The van der Waals surface area contributed by atoms with E-state index in [0.717, 1.165) is 36.0 Å². The first-order valence-corrected chi connectivity index (χ1v) is 11.6. The van der Waals surface area contributed by atoms with Gasteiger partial charge >= 0.3 is 10.3 Å². The second kappa shape index (κ2) is 7.42. The van der Waals surface area contributed by atoms with Crippen molar-refractivity contribution in [2.75, 3.05) is 0 Å². The number of nitrogens with zero attached hydrogens (tertiary/aromatic N) is 3. The zero-order valence-electron chi connectivity index (χ0n) is 16.4. The number of aryl methyl sites for hydroxylation is 1. The summed E-state index contributed by atoms with van der Waals surface area (Å²) < 4.78 is 29.3. The smallest absolute Gasteiger partial charge is 0.333 e. The highest BCUT2D eigenvalue weighted by Gasteiger charge is 2.37. The Kier molecular flexibility index (Phi) is 4.85. The molecule has 0 amide bonds. The summed E-state index contributed by atoms with van der Waals surface area (Å²) in [7, 11) is -4.11. The van der Waals surface area contributed by atoms with Crippen LogP contribution in [0.5, 0.6) is 0 Å². The zero-order chi connectivity index (χ0) is 20.9. The van der Waals surface area contributed by atoms with Gasteiger partial charge in [0.25, 0.3) is 0 Å². The predicted molar refractivity (Wildman–Crippen MR) is 111 cm³/mol. The maximum absolute atomic E-state index is 11.3. The maximum atomic E-state index is 11.3. The van der Waals surface area contributed by atoms with Crippen LogP contribution in [-0.4, -0.2) is 40.3 Å². The molecule has 1 fully saturated rings. The Morgan fingerprint density at radius 1 is 1.20 bits per heavy atom. The summed E-state index contributed by atoms with van der Waals surface area (Å²) in [6.45, 7) is 0. The van der Waals surface area contributed by atoms with E-state index in [1.807, 2.05) is 16.8 Å². The summed E-state index contributed by atoms with van der Waals surface area (Å²) in [6.07, 6.45) is 5.55. The lowest BCUT2D eigenvalue weighted by Gasteiger charge is -2.15. The Labute approximate surface area is 175 Å². The van der Waals surface area contributed by atoms with Crippen LogP contribution < -0.4 is 5.14 Å². The van der Waals surface area contributed by atoms with Crippen LogP contribution in [0.3, 0.4) is 0 Å². The van der Waals surface area contributed by atoms with Crippen LogP contribution in [0.1, 0.15) is 48.0 Å². The van der Waals surface area contributed by atoms with Crippen LogP contribution >= 0.6 is 0 Å². The van der Waals surface area contributed by atoms with Crippen molar-refractivity contribution in [1.82, 2.24) is 14.5 Å². The highest BCUT2D eigenvalue weighted by Crippen LogP contribution is 2.38. The number of rotatable bonds is 5. The maximum Gasteiger partial charge on any atom is 0.333 e. The third-order valence-electron chi connectivity index (χ3n) is 6.39. The fraction of sp³-hybridized carbons (Fsp3) is 0.429. The van der Waals surface area contributed by atoms with Gasteiger partial charge in [-0.05, 0) is 55.2 Å². The molecule has 0 bridgehead atoms. The number of hydrogen-bond donors (Lipinski definition) is 2. The molecule has 1 aromatic carbocycles. The van der Waals surface area contributed by atoms with Crippen molar-refractivity contribution >= 4 is 21.3 Å². The summed E-state index contributed by atoms with van der Waals surface area (Å²) in [5.74, 6) is 0.448. The average Bonchev–Trinajstić information content (AvgIpc) is 3.39. The SMILES string of the molecule is NS(=O)(=O)O[C@@H]1C[C@@H](n2ccc3c(C[C@H]4CCc5ccccc54)ncnc32)C[C@@H]1O. The van der Waals surface area contributed by atoms with E-state index in [1.165, 1.54) is 11.1 Å². The van der Waals surface area contributed by atoms with E-state index in [1.54, 1.807) is 6.33 Å². The van der Waals surface area contributed by atoms with Crippen molar-refractivity contribution < 1.29 is 17.7 Å². The number of hydrogen-bond acceptors (Lipinski definition) is 6. The molecule has 0 saturated heterocycles. The Morgan fingerprint density at radius 2 is 2.03 bits per heavy atom. The van der Waals surface area contributed by atoms with Crippen LogP contribution in [0.25, 0.3) is 11.0 Å². The van der Waals surface area contributed by atoms with Crippen LogP contribution in [-0.2, 0) is 27.3 Å². The molecule has 9 heteroatoms. The topological polar surface area (TPSA) is 120 Å². The molecular formula is C21H24N4O4S. The first-order valence-electron chi connectivity index (χ1n) is 10.2. The molecule has 5 rings (SSSR count). The van der Waals surface area contributed by atoms with E-state index in [2.05, 4.69) is 34.2 Å². The van der Waals surface area contributed by atoms with Crippen molar-refractivity contribution in [2.45, 2.75) is 56.3 Å². The normalized spacial score (nSPS) is 26.3. The number of aromatic nitrogens is 3. The third-order valence-corrected chi connectivity index (χ3v) is 6.90. The summed E-state index contributed by atoms with van der Waals surface area (Å²) in [5.41, 5.74) is 4.63. The van der Waals surface area contributed by atoms with Crippen molar-refractivity contribution in [2.24, 2.45) is 5.14 Å². The average molecular weight is 429 g/mol. The Balaban J connectivity index is 1.41. The molecule has 2 aromatic heterocycles. The van der Waals surface area contributed by atoms with Gasteiger partial charge in [-0.25, -0.2) is 15.1 Å². The van der Waals surface area contributed by atoms with Crippen LogP contribution in [0.15, 0.2) is 42.9 Å². The molecule has 1 saturated carbocycles. The molecule has 158 valence electrons. The molecule has 2 heterocycles. The first kappa shape index (κ1) is 19.6.